The van der Waals surface area contributed by atoms with Crippen LogP contribution >= 0.6 is 0 Å². The van der Waals surface area contributed by atoms with Crippen molar-refractivity contribution in [3.8, 4) is 0 Å². The molecule has 1 fully saturated rings. The number of hydrogen-bond acceptors (Lipinski definition) is 5. The number of sulfone groups is 1. The number of nitrogens with zero attached hydrogens (tertiary/aromatic N) is 1. The van der Waals surface area contributed by atoms with Gasteiger partial charge in [0.05, 0.1) is 18.1 Å². The molecule has 6 nitrogen and oxygen atoms in total. The van der Waals surface area contributed by atoms with Gasteiger partial charge in [0, 0.05) is 25.6 Å². The summed E-state index contributed by atoms with van der Waals surface area (Å²) in [6.45, 7) is 0.972. The molecule has 0 radical (unpaired) electrons. The van der Waals surface area contributed by atoms with Crippen LogP contribution in [0.25, 0.3) is 0 Å². The minimum absolute atomic E-state index is 0.0246. The second-order valence-electron chi connectivity index (χ2n) is 4.36. The molecule has 1 amide bonds. The highest BCUT2D eigenvalue weighted by molar-refractivity contribution is 7.91. The van der Waals surface area contributed by atoms with Gasteiger partial charge >= 0.3 is 0 Å². The van der Waals surface area contributed by atoms with Crippen molar-refractivity contribution in [2.45, 2.75) is 25.3 Å². The van der Waals surface area contributed by atoms with Gasteiger partial charge in [-0.1, -0.05) is 0 Å². The summed E-state index contributed by atoms with van der Waals surface area (Å²) in [5, 5.41) is 8.87. The van der Waals surface area contributed by atoms with E-state index >= 15 is 0 Å². The molecule has 0 heterocycles. The van der Waals surface area contributed by atoms with Crippen LogP contribution in [0.1, 0.15) is 19.3 Å². The standard InChI is InChI=1S/C10H20N2O4S/c11-10(14)3-7-17(15,16)8-5-12(4-6-13)9-1-2-9/h9,13H,1-8H2,(H2,11,14). The molecule has 0 bridgehead atoms. The summed E-state index contributed by atoms with van der Waals surface area (Å²) in [6.07, 6.45) is 2.02. The highest BCUT2D eigenvalue weighted by Crippen LogP contribution is 2.26. The normalized spacial score (nSPS) is 16.4. The maximum Gasteiger partial charge on any atom is 0.218 e. The molecule has 0 aromatic carbocycles. The Labute approximate surface area is 102 Å². The third kappa shape index (κ3) is 5.99. The zero-order valence-electron chi connectivity index (χ0n) is 9.84. The van der Waals surface area contributed by atoms with Crippen LogP contribution in [0.4, 0.5) is 0 Å². The molecule has 7 heteroatoms. The largest absolute Gasteiger partial charge is 0.395 e. The quantitative estimate of drug-likeness (QED) is 0.541. The molecule has 0 aromatic heterocycles. The number of carbonyl (C=O) groups is 1. The van der Waals surface area contributed by atoms with E-state index in [-0.39, 0.29) is 24.5 Å². The topological polar surface area (TPSA) is 101 Å². The average molecular weight is 264 g/mol. The molecule has 100 valence electrons. The van der Waals surface area contributed by atoms with Crippen molar-refractivity contribution in [3.63, 3.8) is 0 Å². The Morgan fingerprint density at radius 3 is 2.41 bits per heavy atom. The molecule has 0 saturated heterocycles. The Hall–Kier alpha value is -0.660. The van der Waals surface area contributed by atoms with Crippen molar-refractivity contribution in [1.29, 1.82) is 0 Å². The fourth-order valence-electron chi connectivity index (χ4n) is 1.66. The van der Waals surface area contributed by atoms with Gasteiger partial charge in [0.2, 0.25) is 5.91 Å². The van der Waals surface area contributed by atoms with Crippen molar-refractivity contribution >= 4 is 15.7 Å². The summed E-state index contributed by atoms with van der Waals surface area (Å²) in [4.78, 5) is 12.5. The number of aliphatic hydroxyl groups is 1. The number of carbonyl (C=O) groups excluding carboxylic acids is 1. The molecule has 0 atom stereocenters. The van der Waals surface area contributed by atoms with Crippen molar-refractivity contribution in [2.24, 2.45) is 5.73 Å². The van der Waals surface area contributed by atoms with E-state index in [0.717, 1.165) is 12.8 Å². The third-order valence-corrected chi connectivity index (χ3v) is 4.43. The minimum atomic E-state index is -3.22. The van der Waals surface area contributed by atoms with Gasteiger partial charge in [0.15, 0.2) is 9.84 Å². The maximum absolute atomic E-state index is 11.6. The summed E-state index contributed by atoms with van der Waals surface area (Å²) < 4.78 is 23.2. The van der Waals surface area contributed by atoms with Crippen LogP contribution < -0.4 is 5.73 Å². The van der Waals surface area contributed by atoms with E-state index in [2.05, 4.69) is 0 Å². The molecule has 1 aliphatic rings. The Morgan fingerprint density at radius 2 is 1.94 bits per heavy atom. The zero-order chi connectivity index (χ0) is 12.9. The number of primary amides is 1. The summed E-state index contributed by atoms with van der Waals surface area (Å²) in [5.41, 5.74) is 4.91. The van der Waals surface area contributed by atoms with Gasteiger partial charge in [-0.15, -0.1) is 0 Å². The molecule has 1 saturated carbocycles. The van der Waals surface area contributed by atoms with Crippen LogP contribution in [0.15, 0.2) is 0 Å². The average Bonchev–Trinajstić information content (AvgIpc) is 3.05. The van der Waals surface area contributed by atoms with Gasteiger partial charge in [-0.05, 0) is 12.8 Å². The van der Waals surface area contributed by atoms with Crippen LogP contribution in [0.5, 0.6) is 0 Å². The second-order valence-corrected chi connectivity index (χ2v) is 6.66. The minimum Gasteiger partial charge on any atom is -0.395 e. The number of amides is 1. The molecule has 0 aliphatic heterocycles. The van der Waals surface area contributed by atoms with Crippen molar-refractivity contribution in [2.75, 3.05) is 31.2 Å². The third-order valence-electron chi connectivity index (χ3n) is 2.80. The first kappa shape index (κ1) is 14.4. The molecule has 0 aromatic rings. The number of rotatable bonds is 9. The molecular weight excluding hydrogens is 244 g/mol. The van der Waals surface area contributed by atoms with E-state index in [9.17, 15) is 13.2 Å². The highest BCUT2D eigenvalue weighted by Gasteiger charge is 2.29. The van der Waals surface area contributed by atoms with Crippen LogP contribution in [-0.2, 0) is 14.6 Å². The van der Waals surface area contributed by atoms with Gasteiger partial charge in [-0.3, -0.25) is 9.69 Å². The molecular formula is C10H20N2O4S. The van der Waals surface area contributed by atoms with E-state index < -0.39 is 15.7 Å². The zero-order valence-corrected chi connectivity index (χ0v) is 10.7. The molecule has 1 aliphatic carbocycles. The maximum atomic E-state index is 11.6. The predicted molar refractivity (Wildman–Crippen MR) is 64.1 cm³/mol. The number of hydrogen-bond donors (Lipinski definition) is 2. The van der Waals surface area contributed by atoms with Gasteiger partial charge in [0.25, 0.3) is 0 Å². The van der Waals surface area contributed by atoms with Crippen molar-refractivity contribution < 1.29 is 18.3 Å². The summed E-state index contributed by atoms with van der Waals surface area (Å²) in [7, 11) is -3.22. The second kappa shape index (κ2) is 6.32. The van der Waals surface area contributed by atoms with E-state index in [4.69, 9.17) is 10.8 Å². The lowest BCUT2D eigenvalue weighted by molar-refractivity contribution is -0.117. The van der Waals surface area contributed by atoms with Gasteiger partial charge in [0.1, 0.15) is 0 Å². The van der Waals surface area contributed by atoms with Gasteiger partial charge < -0.3 is 10.8 Å². The summed E-state index contributed by atoms with van der Waals surface area (Å²) in [5.74, 6) is -0.750. The monoisotopic (exact) mass is 264 g/mol. The van der Waals surface area contributed by atoms with E-state index in [1.54, 1.807) is 0 Å². The molecule has 17 heavy (non-hydrogen) atoms. The molecule has 0 spiro atoms. The fraction of sp³-hybridized carbons (Fsp3) is 0.900. The van der Waals surface area contributed by atoms with Gasteiger partial charge in [-0.25, -0.2) is 8.42 Å². The van der Waals surface area contributed by atoms with Crippen LogP contribution in [0, 0.1) is 0 Å². The fourth-order valence-corrected chi connectivity index (χ4v) is 2.89. The first-order valence-corrected chi connectivity index (χ1v) is 7.60. The van der Waals surface area contributed by atoms with Crippen molar-refractivity contribution in [3.05, 3.63) is 0 Å². The highest BCUT2D eigenvalue weighted by atomic mass is 32.2. The van der Waals surface area contributed by atoms with Gasteiger partial charge in [-0.2, -0.15) is 0 Å². The SMILES string of the molecule is NC(=O)CCS(=O)(=O)CCN(CCO)C1CC1. The van der Waals surface area contributed by atoms with Crippen LogP contribution in [-0.4, -0.2) is 61.6 Å². The smallest absolute Gasteiger partial charge is 0.218 e. The van der Waals surface area contributed by atoms with Crippen LogP contribution in [0.3, 0.4) is 0 Å². The lowest BCUT2D eigenvalue weighted by Gasteiger charge is -2.20. The first-order chi connectivity index (χ1) is 7.94. The molecule has 1 rings (SSSR count). The Morgan fingerprint density at radius 1 is 1.29 bits per heavy atom. The van der Waals surface area contributed by atoms with E-state index in [0.29, 0.717) is 19.1 Å². The van der Waals surface area contributed by atoms with E-state index in [1.165, 1.54) is 0 Å². The molecule has 0 unspecified atom stereocenters. The summed E-state index contributed by atoms with van der Waals surface area (Å²) >= 11 is 0. The first-order valence-electron chi connectivity index (χ1n) is 5.78. The Balaban J connectivity index is 2.33. The summed E-state index contributed by atoms with van der Waals surface area (Å²) in [6, 6.07) is 0.425. The number of nitrogens with two attached hydrogens (primary N) is 1. The Bertz CT molecular complexity index is 351. The Kier molecular flexibility index (Phi) is 5.35. The lowest BCUT2D eigenvalue weighted by Crippen LogP contribution is -2.34. The number of aliphatic hydroxyl groups excluding tert-OH is 1. The van der Waals surface area contributed by atoms with Crippen LogP contribution in [0.2, 0.25) is 0 Å². The predicted octanol–water partition coefficient (Wildman–Crippen LogP) is -1.27. The molecule has 3 N–H and O–H groups in total. The lowest BCUT2D eigenvalue weighted by atomic mass is 10.4. The van der Waals surface area contributed by atoms with E-state index in [1.807, 2.05) is 4.90 Å². The van der Waals surface area contributed by atoms with Crippen molar-refractivity contribution in [1.82, 2.24) is 4.90 Å².